The van der Waals surface area contributed by atoms with Gasteiger partial charge in [0.15, 0.2) is 0 Å². The van der Waals surface area contributed by atoms with Gasteiger partial charge in [0.25, 0.3) is 5.91 Å². The predicted octanol–water partition coefficient (Wildman–Crippen LogP) is 3.44. The van der Waals surface area contributed by atoms with E-state index in [1.54, 1.807) is 24.2 Å². The molecule has 0 aliphatic heterocycles. The van der Waals surface area contributed by atoms with E-state index in [4.69, 9.17) is 11.6 Å². The molecule has 0 aliphatic rings. The number of aromatic nitrogens is 1. The summed E-state index contributed by atoms with van der Waals surface area (Å²) in [6, 6.07) is 11.1. The number of hydrogen-bond donors (Lipinski definition) is 1. The van der Waals surface area contributed by atoms with Crippen LogP contribution in [0.4, 0.5) is 5.69 Å². The van der Waals surface area contributed by atoms with Gasteiger partial charge in [-0.2, -0.15) is 0 Å². The molecule has 4 nitrogen and oxygen atoms in total. The molecule has 0 unspecified atom stereocenters. The molecule has 110 valence electrons. The molecule has 0 saturated carbocycles. The molecule has 0 atom stereocenters. The van der Waals surface area contributed by atoms with E-state index in [9.17, 15) is 4.79 Å². The highest BCUT2D eigenvalue weighted by atomic mass is 35.5. The van der Waals surface area contributed by atoms with Gasteiger partial charge in [-0.1, -0.05) is 23.7 Å². The summed E-state index contributed by atoms with van der Waals surface area (Å²) < 4.78 is 0. The second kappa shape index (κ2) is 7.09. The molecular formula is C16H18ClN3O. The summed E-state index contributed by atoms with van der Waals surface area (Å²) in [5, 5.41) is 3.86. The van der Waals surface area contributed by atoms with Gasteiger partial charge in [-0.05, 0) is 36.8 Å². The second-order valence-corrected chi connectivity index (χ2v) is 5.18. The number of hydrogen-bond acceptors (Lipinski definition) is 3. The minimum absolute atomic E-state index is 0.107. The van der Waals surface area contributed by atoms with Crippen LogP contribution >= 0.6 is 11.6 Å². The van der Waals surface area contributed by atoms with Crippen LogP contribution in [-0.4, -0.2) is 29.4 Å². The summed E-state index contributed by atoms with van der Waals surface area (Å²) in [7, 11) is 1.76. The van der Waals surface area contributed by atoms with Crippen LogP contribution in [0.1, 0.15) is 23.0 Å². The third kappa shape index (κ3) is 4.20. The first-order valence-electron chi connectivity index (χ1n) is 6.80. The van der Waals surface area contributed by atoms with E-state index in [2.05, 4.69) is 10.3 Å². The van der Waals surface area contributed by atoms with E-state index in [0.29, 0.717) is 17.3 Å². The van der Waals surface area contributed by atoms with E-state index >= 15 is 0 Å². The van der Waals surface area contributed by atoms with Crippen molar-refractivity contribution < 1.29 is 4.79 Å². The molecule has 1 N–H and O–H groups in total. The summed E-state index contributed by atoms with van der Waals surface area (Å²) in [5.74, 6) is -0.107. The first kappa shape index (κ1) is 15.3. The maximum Gasteiger partial charge on any atom is 0.272 e. The largest absolute Gasteiger partial charge is 0.385 e. The van der Waals surface area contributed by atoms with Crippen LogP contribution in [0.3, 0.4) is 0 Å². The van der Waals surface area contributed by atoms with Crippen molar-refractivity contribution in [3.63, 3.8) is 0 Å². The van der Waals surface area contributed by atoms with Gasteiger partial charge in [0, 0.05) is 37.0 Å². The van der Waals surface area contributed by atoms with E-state index in [1.165, 1.54) is 0 Å². The van der Waals surface area contributed by atoms with Gasteiger partial charge < -0.3 is 10.2 Å². The Balaban J connectivity index is 2.08. The maximum atomic E-state index is 12.4. The average Bonchev–Trinajstić information content (AvgIpc) is 2.49. The summed E-state index contributed by atoms with van der Waals surface area (Å²) in [6.07, 6.45) is 1.64. The van der Waals surface area contributed by atoms with Gasteiger partial charge in [0.05, 0.1) is 0 Å². The van der Waals surface area contributed by atoms with Gasteiger partial charge in [0.2, 0.25) is 0 Å². The van der Waals surface area contributed by atoms with Gasteiger partial charge in [-0.15, -0.1) is 0 Å². The number of pyridine rings is 1. The molecule has 1 amide bonds. The summed E-state index contributed by atoms with van der Waals surface area (Å²) in [5.41, 5.74) is 2.36. The van der Waals surface area contributed by atoms with Crippen molar-refractivity contribution >= 4 is 23.2 Å². The van der Waals surface area contributed by atoms with E-state index < -0.39 is 0 Å². The number of carbonyl (C=O) groups is 1. The highest BCUT2D eigenvalue weighted by Gasteiger charge is 2.13. The molecule has 1 aromatic carbocycles. The third-order valence-electron chi connectivity index (χ3n) is 3.04. The molecule has 2 aromatic rings. The highest BCUT2D eigenvalue weighted by Crippen LogP contribution is 2.13. The number of carbonyl (C=O) groups excluding carboxylic acids is 1. The third-order valence-corrected chi connectivity index (χ3v) is 3.29. The number of halogens is 1. The lowest BCUT2D eigenvalue weighted by atomic mass is 10.2. The Bertz CT molecular complexity index is 613. The SMILES string of the molecule is CCNc1ccnc(C(=O)N(C)Cc2ccc(Cl)cc2)c1. The predicted molar refractivity (Wildman–Crippen MR) is 85.7 cm³/mol. The molecule has 0 bridgehead atoms. The van der Waals surface area contributed by atoms with Crippen molar-refractivity contribution in [1.29, 1.82) is 0 Å². The Morgan fingerprint density at radius 2 is 2.00 bits per heavy atom. The standard InChI is InChI=1S/C16H18ClN3O/c1-3-18-14-8-9-19-15(10-14)16(21)20(2)11-12-4-6-13(17)7-5-12/h4-10H,3,11H2,1-2H3,(H,18,19). The van der Waals surface area contributed by atoms with Gasteiger partial charge in [0.1, 0.15) is 5.69 Å². The van der Waals surface area contributed by atoms with E-state index in [-0.39, 0.29) is 5.91 Å². The van der Waals surface area contributed by atoms with Gasteiger partial charge >= 0.3 is 0 Å². The van der Waals surface area contributed by atoms with Crippen LogP contribution in [0.2, 0.25) is 5.02 Å². The molecule has 1 aromatic heterocycles. The van der Waals surface area contributed by atoms with Gasteiger partial charge in [-0.25, -0.2) is 0 Å². The fraction of sp³-hybridized carbons (Fsp3) is 0.250. The smallest absolute Gasteiger partial charge is 0.272 e. The number of benzene rings is 1. The summed E-state index contributed by atoms with van der Waals surface area (Å²) in [6.45, 7) is 3.33. The molecule has 5 heteroatoms. The number of rotatable bonds is 5. The van der Waals surface area contributed by atoms with Crippen LogP contribution in [0.5, 0.6) is 0 Å². The highest BCUT2D eigenvalue weighted by molar-refractivity contribution is 6.30. The summed E-state index contributed by atoms with van der Waals surface area (Å²) >= 11 is 5.86. The minimum Gasteiger partial charge on any atom is -0.385 e. The summed E-state index contributed by atoms with van der Waals surface area (Å²) in [4.78, 5) is 18.2. The molecular weight excluding hydrogens is 286 g/mol. The lowest BCUT2D eigenvalue weighted by Gasteiger charge is -2.17. The first-order valence-corrected chi connectivity index (χ1v) is 7.17. The normalized spacial score (nSPS) is 10.2. The zero-order valence-corrected chi connectivity index (χ0v) is 12.9. The number of anilines is 1. The molecule has 0 fully saturated rings. The minimum atomic E-state index is -0.107. The lowest BCUT2D eigenvalue weighted by molar-refractivity contribution is 0.0779. The Hall–Kier alpha value is -2.07. The van der Waals surface area contributed by atoms with Crippen molar-refractivity contribution in [2.75, 3.05) is 18.9 Å². The van der Waals surface area contributed by atoms with Crippen LogP contribution in [0.25, 0.3) is 0 Å². The Morgan fingerprint density at radius 3 is 2.67 bits per heavy atom. The maximum absolute atomic E-state index is 12.4. The fourth-order valence-corrected chi connectivity index (χ4v) is 2.12. The van der Waals surface area contributed by atoms with Crippen LogP contribution in [-0.2, 0) is 6.54 Å². The van der Waals surface area contributed by atoms with Crippen LogP contribution in [0.15, 0.2) is 42.6 Å². The molecule has 0 saturated heterocycles. The van der Waals surface area contributed by atoms with Crippen molar-refractivity contribution in [2.24, 2.45) is 0 Å². The number of amides is 1. The van der Waals surface area contributed by atoms with Crippen LogP contribution < -0.4 is 5.32 Å². The molecule has 1 heterocycles. The second-order valence-electron chi connectivity index (χ2n) is 4.75. The molecule has 0 radical (unpaired) electrons. The van der Waals surface area contributed by atoms with Crippen molar-refractivity contribution in [3.8, 4) is 0 Å². The van der Waals surface area contributed by atoms with Crippen molar-refractivity contribution in [3.05, 3.63) is 58.9 Å². The Labute approximate surface area is 129 Å². The Kier molecular flexibility index (Phi) is 5.17. The lowest BCUT2D eigenvalue weighted by Crippen LogP contribution is -2.27. The van der Waals surface area contributed by atoms with Crippen LogP contribution in [0, 0.1) is 0 Å². The molecule has 0 spiro atoms. The number of nitrogens with one attached hydrogen (secondary N) is 1. The first-order chi connectivity index (χ1) is 10.1. The van der Waals surface area contributed by atoms with E-state index in [0.717, 1.165) is 17.8 Å². The fourth-order valence-electron chi connectivity index (χ4n) is 1.99. The molecule has 2 rings (SSSR count). The molecule has 21 heavy (non-hydrogen) atoms. The number of nitrogens with zero attached hydrogens (tertiary/aromatic N) is 2. The molecule has 0 aliphatic carbocycles. The topological polar surface area (TPSA) is 45.2 Å². The van der Waals surface area contributed by atoms with Crippen molar-refractivity contribution in [1.82, 2.24) is 9.88 Å². The average molecular weight is 304 g/mol. The zero-order chi connectivity index (χ0) is 15.2. The van der Waals surface area contributed by atoms with E-state index in [1.807, 2.05) is 37.3 Å². The van der Waals surface area contributed by atoms with Crippen molar-refractivity contribution in [2.45, 2.75) is 13.5 Å². The van der Waals surface area contributed by atoms with Gasteiger partial charge in [-0.3, -0.25) is 9.78 Å². The quantitative estimate of drug-likeness (QED) is 0.920. The monoisotopic (exact) mass is 303 g/mol. The zero-order valence-electron chi connectivity index (χ0n) is 12.1. The Morgan fingerprint density at radius 1 is 1.29 bits per heavy atom.